The van der Waals surface area contributed by atoms with Gasteiger partial charge in [0.05, 0.1) is 7.05 Å². The van der Waals surface area contributed by atoms with Gasteiger partial charge in [-0.25, -0.2) is 0 Å². The molecule has 1 aliphatic heterocycles. The lowest BCUT2D eigenvalue weighted by Gasteiger charge is -2.28. The van der Waals surface area contributed by atoms with Crippen molar-refractivity contribution >= 4 is 11.8 Å². The minimum absolute atomic E-state index is 0.0142. The average Bonchev–Trinajstić information content (AvgIpc) is 2.28. The Hall–Kier alpha value is -1.03. The van der Waals surface area contributed by atoms with E-state index < -0.39 is 0 Å². The van der Waals surface area contributed by atoms with E-state index >= 15 is 0 Å². The van der Waals surface area contributed by atoms with Gasteiger partial charge in [-0.05, 0) is 30.1 Å². The first-order valence-corrected chi connectivity index (χ1v) is 6.59. The van der Waals surface area contributed by atoms with Gasteiger partial charge in [-0.2, -0.15) is 5.11 Å². The Morgan fingerprint density at radius 2 is 2.29 bits per heavy atom. The fourth-order valence-corrected chi connectivity index (χ4v) is 2.31. The number of hydrogen-bond acceptors (Lipinski definition) is 3. The van der Waals surface area contributed by atoms with Gasteiger partial charge in [-0.3, -0.25) is 5.43 Å². The summed E-state index contributed by atoms with van der Waals surface area (Å²) in [6.45, 7) is 10.5. The van der Waals surface area contributed by atoms with Crippen LogP contribution in [0.15, 0.2) is 44.6 Å². The second-order valence-corrected chi connectivity index (χ2v) is 5.98. The quantitative estimate of drug-likeness (QED) is 0.580. The van der Waals surface area contributed by atoms with Crippen molar-refractivity contribution in [3.8, 4) is 0 Å². The van der Waals surface area contributed by atoms with Crippen molar-refractivity contribution in [1.82, 2.24) is 5.43 Å². The molecule has 0 aromatic rings. The molecule has 0 aliphatic carbocycles. The van der Waals surface area contributed by atoms with Crippen molar-refractivity contribution in [1.29, 1.82) is 0 Å². The predicted octanol–water partition coefficient (Wildman–Crippen LogP) is 4.43. The molecule has 0 radical (unpaired) electrons. The average molecular weight is 251 g/mol. The molecule has 17 heavy (non-hydrogen) atoms. The standard InChI is InChI=1S/C13H21N3S/c1-10-6-7-12(9-17-10)8-13(3,4)11(2)15-16-14-5/h6,9H,2,7-8H2,1,3-5H3,(H,14,15). The Morgan fingerprint density at radius 1 is 1.59 bits per heavy atom. The van der Waals surface area contributed by atoms with Gasteiger partial charge in [0, 0.05) is 11.1 Å². The molecule has 1 rings (SSSR count). The first-order valence-electron chi connectivity index (χ1n) is 5.71. The van der Waals surface area contributed by atoms with Crippen LogP contribution in [0.25, 0.3) is 0 Å². The third kappa shape index (κ3) is 4.38. The lowest BCUT2D eigenvalue weighted by atomic mass is 9.82. The molecule has 0 spiro atoms. The number of hydrogen-bond donors (Lipinski definition) is 1. The highest BCUT2D eigenvalue weighted by Gasteiger charge is 2.24. The Balaban J connectivity index is 2.57. The van der Waals surface area contributed by atoms with E-state index in [4.69, 9.17) is 0 Å². The number of rotatable bonds is 5. The zero-order chi connectivity index (χ0) is 12.9. The van der Waals surface area contributed by atoms with Crippen molar-refractivity contribution in [3.63, 3.8) is 0 Å². The molecule has 0 aromatic carbocycles. The largest absolute Gasteiger partial charge is 0.264 e. The molecule has 0 unspecified atom stereocenters. The summed E-state index contributed by atoms with van der Waals surface area (Å²) in [7, 11) is 1.64. The first-order chi connectivity index (χ1) is 7.95. The number of nitrogens with zero attached hydrogens (tertiary/aromatic N) is 2. The molecular weight excluding hydrogens is 230 g/mol. The van der Waals surface area contributed by atoms with E-state index in [-0.39, 0.29) is 5.41 Å². The molecular formula is C13H21N3S. The van der Waals surface area contributed by atoms with E-state index in [1.54, 1.807) is 18.8 Å². The molecule has 3 nitrogen and oxygen atoms in total. The first kappa shape index (κ1) is 14.0. The number of allylic oxidation sites excluding steroid dienone is 4. The van der Waals surface area contributed by atoms with Crippen LogP contribution in [0.3, 0.4) is 0 Å². The summed E-state index contributed by atoms with van der Waals surface area (Å²) >= 11 is 1.80. The molecule has 1 heterocycles. The monoisotopic (exact) mass is 251 g/mol. The van der Waals surface area contributed by atoms with Gasteiger partial charge in [0.15, 0.2) is 0 Å². The SMILES string of the molecule is C=C(NN=NC)C(C)(C)CC1=CSC(C)=CC1. The molecule has 0 atom stereocenters. The maximum Gasteiger partial charge on any atom is 0.0509 e. The van der Waals surface area contributed by atoms with Gasteiger partial charge in [-0.15, -0.1) is 11.8 Å². The maximum absolute atomic E-state index is 4.03. The van der Waals surface area contributed by atoms with Gasteiger partial charge in [0.1, 0.15) is 0 Å². The Morgan fingerprint density at radius 3 is 2.82 bits per heavy atom. The van der Waals surface area contributed by atoms with E-state index in [9.17, 15) is 0 Å². The molecule has 0 saturated heterocycles. The lowest BCUT2D eigenvalue weighted by molar-refractivity contribution is 0.407. The minimum Gasteiger partial charge on any atom is -0.264 e. The maximum atomic E-state index is 4.03. The van der Waals surface area contributed by atoms with Gasteiger partial charge in [0.25, 0.3) is 0 Å². The highest BCUT2D eigenvalue weighted by molar-refractivity contribution is 8.05. The van der Waals surface area contributed by atoms with Gasteiger partial charge >= 0.3 is 0 Å². The fraction of sp³-hybridized carbons (Fsp3) is 0.538. The highest BCUT2D eigenvalue weighted by Crippen LogP contribution is 2.36. The summed E-state index contributed by atoms with van der Waals surface area (Å²) in [5.74, 6) is 0. The molecule has 0 fully saturated rings. The Kier molecular flexibility index (Phi) is 5.00. The molecule has 0 aromatic heterocycles. The van der Waals surface area contributed by atoms with Crippen LogP contribution >= 0.6 is 11.8 Å². The lowest BCUT2D eigenvalue weighted by Crippen LogP contribution is -2.23. The van der Waals surface area contributed by atoms with Crippen LogP contribution < -0.4 is 5.43 Å². The summed E-state index contributed by atoms with van der Waals surface area (Å²) in [6, 6.07) is 0. The van der Waals surface area contributed by atoms with Crippen molar-refractivity contribution in [3.05, 3.63) is 34.2 Å². The van der Waals surface area contributed by atoms with Crippen molar-refractivity contribution in [2.45, 2.75) is 33.6 Å². The summed E-state index contributed by atoms with van der Waals surface area (Å²) in [4.78, 5) is 1.38. The number of nitrogens with one attached hydrogen (secondary N) is 1. The van der Waals surface area contributed by atoms with E-state index in [1.165, 1.54) is 10.5 Å². The van der Waals surface area contributed by atoms with Gasteiger partial charge in [-0.1, -0.05) is 37.3 Å². The third-order valence-electron chi connectivity index (χ3n) is 2.83. The molecule has 1 N–H and O–H groups in total. The van der Waals surface area contributed by atoms with Crippen LogP contribution in [0.1, 0.15) is 33.6 Å². The van der Waals surface area contributed by atoms with Gasteiger partial charge < -0.3 is 0 Å². The molecule has 94 valence electrons. The molecule has 1 aliphatic rings. The second kappa shape index (κ2) is 6.05. The zero-order valence-electron chi connectivity index (χ0n) is 11.1. The van der Waals surface area contributed by atoms with Crippen LogP contribution in [0.2, 0.25) is 0 Å². The molecule has 0 amide bonds. The fourth-order valence-electron chi connectivity index (χ4n) is 1.60. The summed E-state index contributed by atoms with van der Waals surface area (Å²) < 4.78 is 0. The highest BCUT2D eigenvalue weighted by atomic mass is 32.2. The predicted molar refractivity (Wildman–Crippen MR) is 75.5 cm³/mol. The minimum atomic E-state index is -0.0142. The smallest absolute Gasteiger partial charge is 0.0509 e. The Bertz CT molecular complexity index is 378. The normalized spacial score (nSPS) is 16.7. The third-order valence-corrected chi connectivity index (χ3v) is 3.82. The van der Waals surface area contributed by atoms with Crippen molar-refractivity contribution in [2.24, 2.45) is 15.8 Å². The van der Waals surface area contributed by atoms with Crippen LogP contribution in [0.5, 0.6) is 0 Å². The summed E-state index contributed by atoms with van der Waals surface area (Å²) in [5, 5.41) is 9.71. The van der Waals surface area contributed by atoms with Crippen molar-refractivity contribution in [2.75, 3.05) is 7.05 Å². The Labute approximate surface area is 108 Å². The molecule has 0 bridgehead atoms. The van der Waals surface area contributed by atoms with Crippen molar-refractivity contribution < 1.29 is 0 Å². The van der Waals surface area contributed by atoms with E-state index in [0.717, 1.165) is 18.5 Å². The summed E-state index contributed by atoms with van der Waals surface area (Å²) in [6.07, 6.45) is 4.32. The van der Waals surface area contributed by atoms with Crippen LogP contribution in [0, 0.1) is 5.41 Å². The topological polar surface area (TPSA) is 36.8 Å². The van der Waals surface area contributed by atoms with E-state index in [0.29, 0.717) is 0 Å². The van der Waals surface area contributed by atoms with Crippen LogP contribution in [-0.4, -0.2) is 7.05 Å². The molecule has 4 heteroatoms. The second-order valence-electron chi connectivity index (χ2n) is 4.86. The molecule has 0 saturated carbocycles. The van der Waals surface area contributed by atoms with Gasteiger partial charge in [0.2, 0.25) is 0 Å². The van der Waals surface area contributed by atoms with Crippen LogP contribution in [0.4, 0.5) is 0 Å². The zero-order valence-corrected chi connectivity index (χ0v) is 11.9. The van der Waals surface area contributed by atoms with Crippen LogP contribution in [-0.2, 0) is 0 Å². The number of thioether (sulfide) groups is 1. The van der Waals surface area contributed by atoms with E-state index in [2.05, 4.69) is 54.6 Å². The van der Waals surface area contributed by atoms with E-state index in [1.807, 2.05) is 0 Å². The summed E-state index contributed by atoms with van der Waals surface area (Å²) in [5.41, 5.74) is 5.22.